The largest absolute Gasteiger partial charge is 0.368 e. The SMILES string of the molecule is CC(C)N(C)CCCNc1nc(Cl)nc2nc[nH]c12. The van der Waals surface area contributed by atoms with E-state index >= 15 is 0 Å². The number of aromatic nitrogens is 4. The van der Waals surface area contributed by atoms with Crippen molar-refractivity contribution >= 4 is 28.6 Å². The van der Waals surface area contributed by atoms with Crippen LogP contribution in [0.3, 0.4) is 0 Å². The molecule has 0 aromatic carbocycles. The van der Waals surface area contributed by atoms with Gasteiger partial charge in [0.05, 0.1) is 6.33 Å². The van der Waals surface area contributed by atoms with Gasteiger partial charge in [-0.1, -0.05) is 0 Å². The van der Waals surface area contributed by atoms with E-state index in [0.717, 1.165) is 25.0 Å². The number of H-pyrrole nitrogens is 1. The van der Waals surface area contributed by atoms with E-state index in [9.17, 15) is 0 Å². The normalized spacial score (nSPS) is 11.7. The third-order valence-electron chi connectivity index (χ3n) is 3.12. The number of anilines is 1. The minimum Gasteiger partial charge on any atom is -0.368 e. The molecule has 2 heterocycles. The Morgan fingerprint density at radius 1 is 1.42 bits per heavy atom. The van der Waals surface area contributed by atoms with Crippen LogP contribution in [0.2, 0.25) is 5.28 Å². The van der Waals surface area contributed by atoms with Crippen LogP contribution in [-0.2, 0) is 0 Å². The van der Waals surface area contributed by atoms with E-state index in [1.165, 1.54) is 0 Å². The minimum absolute atomic E-state index is 0.210. The van der Waals surface area contributed by atoms with Crippen molar-refractivity contribution < 1.29 is 0 Å². The molecule has 0 amide bonds. The number of nitrogens with zero attached hydrogens (tertiary/aromatic N) is 4. The number of imidazole rings is 1. The molecule has 0 aliphatic heterocycles. The van der Waals surface area contributed by atoms with Crippen LogP contribution >= 0.6 is 11.6 Å². The second-order valence-corrected chi connectivity index (χ2v) is 5.14. The predicted molar refractivity (Wildman–Crippen MR) is 77.6 cm³/mol. The fourth-order valence-corrected chi connectivity index (χ4v) is 1.89. The summed E-state index contributed by atoms with van der Waals surface area (Å²) in [6, 6.07) is 0.563. The van der Waals surface area contributed by atoms with Gasteiger partial charge in [-0.25, -0.2) is 4.98 Å². The van der Waals surface area contributed by atoms with E-state index in [1.54, 1.807) is 6.33 Å². The molecule has 0 spiro atoms. The van der Waals surface area contributed by atoms with Crippen LogP contribution in [0.25, 0.3) is 11.2 Å². The quantitative estimate of drug-likeness (QED) is 0.627. The molecule has 0 fully saturated rings. The average molecular weight is 283 g/mol. The van der Waals surface area contributed by atoms with Crippen LogP contribution in [0.5, 0.6) is 0 Å². The maximum absolute atomic E-state index is 5.86. The van der Waals surface area contributed by atoms with Gasteiger partial charge in [0.2, 0.25) is 5.28 Å². The summed E-state index contributed by atoms with van der Waals surface area (Å²) in [7, 11) is 2.12. The summed E-state index contributed by atoms with van der Waals surface area (Å²) in [5, 5.41) is 3.49. The topological polar surface area (TPSA) is 69.7 Å². The van der Waals surface area contributed by atoms with Crippen LogP contribution in [0.4, 0.5) is 5.82 Å². The summed E-state index contributed by atoms with van der Waals surface area (Å²) in [6.45, 7) is 6.24. The molecule has 2 N–H and O–H groups in total. The Hall–Kier alpha value is -1.40. The van der Waals surface area contributed by atoms with Crippen LogP contribution in [-0.4, -0.2) is 51.0 Å². The van der Waals surface area contributed by atoms with Crippen LogP contribution in [0.15, 0.2) is 6.33 Å². The summed E-state index contributed by atoms with van der Waals surface area (Å²) in [5.41, 5.74) is 1.38. The van der Waals surface area contributed by atoms with E-state index in [4.69, 9.17) is 11.6 Å². The van der Waals surface area contributed by atoms with Crippen molar-refractivity contribution in [2.75, 3.05) is 25.5 Å². The lowest BCUT2D eigenvalue weighted by Gasteiger charge is -2.20. The Balaban J connectivity index is 1.93. The van der Waals surface area contributed by atoms with Gasteiger partial charge in [0.25, 0.3) is 0 Å². The molecule has 0 unspecified atom stereocenters. The van der Waals surface area contributed by atoms with Crippen molar-refractivity contribution in [3.63, 3.8) is 0 Å². The maximum Gasteiger partial charge on any atom is 0.226 e. The molecular formula is C12H19ClN6. The highest BCUT2D eigenvalue weighted by Gasteiger charge is 2.08. The van der Waals surface area contributed by atoms with E-state index < -0.39 is 0 Å². The van der Waals surface area contributed by atoms with Gasteiger partial charge in [-0.05, 0) is 45.5 Å². The smallest absolute Gasteiger partial charge is 0.226 e. The van der Waals surface area contributed by atoms with Crippen molar-refractivity contribution in [2.24, 2.45) is 0 Å². The molecule has 6 nitrogen and oxygen atoms in total. The minimum atomic E-state index is 0.210. The van der Waals surface area contributed by atoms with E-state index in [2.05, 4.69) is 51.0 Å². The monoisotopic (exact) mass is 282 g/mol. The molecule has 0 aliphatic carbocycles. The van der Waals surface area contributed by atoms with E-state index in [-0.39, 0.29) is 5.28 Å². The van der Waals surface area contributed by atoms with Crippen LogP contribution in [0, 0.1) is 0 Å². The summed E-state index contributed by atoms with van der Waals surface area (Å²) in [4.78, 5) is 17.6. The number of nitrogens with one attached hydrogen (secondary N) is 2. The number of halogens is 1. The fourth-order valence-electron chi connectivity index (χ4n) is 1.73. The third-order valence-corrected chi connectivity index (χ3v) is 3.29. The first-order chi connectivity index (χ1) is 9.08. The van der Waals surface area contributed by atoms with Crippen LogP contribution in [0.1, 0.15) is 20.3 Å². The second-order valence-electron chi connectivity index (χ2n) is 4.80. The molecule has 0 radical (unpaired) electrons. The number of hydrogen-bond donors (Lipinski definition) is 2. The van der Waals surface area contributed by atoms with Crippen LogP contribution < -0.4 is 5.32 Å². The first-order valence-corrected chi connectivity index (χ1v) is 6.76. The molecule has 7 heteroatoms. The molecular weight excluding hydrogens is 264 g/mol. The van der Waals surface area contributed by atoms with E-state index in [1.807, 2.05) is 0 Å². The fraction of sp³-hybridized carbons (Fsp3) is 0.583. The summed E-state index contributed by atoms with van der Waals surface area (Å²) in [6.07, 6.45) is 2.62. The summed E-state index contributed by atoms with van der Waals surface area (Å²) < 4.78 is 0. The number of aromatic amines is 1. The summed E-state index contributed by atoms with van der Waals surface area (Å²) in [5.74, 6) is 0.708. The van der Waals surface area contributed by atoms with Crippen molar-refractivity contribution in [3.05, 3.63) is 11.6 Å². The molecule has 104 valence electrons. The van der Waals surface area contributed by atoms with Crippen molar-refractivity contribution in [2.45, 2.75) is 26.3 Å². The zero-order chi connectivity index (χ0) is 13.8. The van der Waals surface area contributed by atoms with Crippen molar-refractivity contribution in [1.82, 2.24) is 24.8 Å². The van der Waals surface area contributed by atoms with Gasteiger partial charge in [0.1, 0.15) is 5.52 Å². The molecule has 0 atom stereocenters. The predicted octanol–water partition coefficient (Wildman–Crippen LogP) is 2.15. The number of hydrogen-bond acceptors (Lipinski definition) is 5. The average Bonchev–Trinajstić information content (AvgIpc) is 2.81. The Bertz CT molecular complexity index is 538. The van der Waals surface area contributed by atoms with E-state index in [0.29, 0.717) is 17.5 Å². The third kappa shape index (κ3) is 3.54. The Morgan fingerprint density at radius 3 is 2.95 bits per heavy atom. The first kappa shape index (κ1) is 14.0. The zero-order valence-corrected chi connectivity index (χ0v) is 12.2. The van der Waals surface area contributed by atoms with Gasteiger partial charge in [-0.15, -0.1) is 0 Å². The summed E-state index contributed by atoms with van der Waals surface area (Å²) >= 11 is 5.86. The first-order valence-electron chi connectivity index (χ1n) is 6.38. The highest BCUT2D eigenvalue weighted by molar-refractivity contribution is 6.28. The molecule has 2 aromatic rings. The van der Waals surface area contributed by atoms with Crippen molar-refractivity contribution in [3.8, 4) is 0 Å². The molecule has 2 aromatic heterocycles. The standard InChI is InChI=1S/C12H19ClN6/c1-8(2)19(3)6-4-5-14-10-9-11(16-7-15-9)18-12(13)17-10/h7-8H,4-6H2,1-3H3,(H2,14,15,16,17,18). The number of rotatable bonds is 6. The van der Waals surface area contributed by atoms with Gasteiger partial charge in [0.15, 0.2) is 11.5 Å². The Kier molecular flexibility index (Phi) is 4.55. The second kappa shape index (κ2) is 6.16. The van der Waals surface area contributed by atoms with Crippen molar-refractivity contribution in [1.29, 1.82) is 0 Å². The Labute approximate surface area is 117 Å². The van der Waals surface area contributed by atoms with Gasteiger partial charge in [-0.2, -0.15) is 9.97 Å². The molecule has 0 saturated heterocycles. The molecule has 0 bridgehead atoms. The molecule has 0 aliphatic rings. The van der Waals surface area contributed by atoms with Gasteiger partial charge in [0, 0.05) is 12.6 Å². The number of fused-ring (bicyclic) bond motifs is 1. The van der Waals surface area contributed by atoms with Gasteiger partial charge in [-0.3, -0.25) is 0 Å². The zero-order valence-electron chi connectivity index (χ0n) is 11.4. The lowest BCUT2D eigenvalue weighted by Crippen LogP contribution is -2.28. The lowest BCUT2D eigenvalue weighted by atomic mass is 10.3. The van der Waals surface area contributed by atoms with Gasteiger partial charge < -0.3 is 15.2 Å². The van der Waals surface area contributed by atoms with Gasteiger partial charge >= 0.3 is 0 Å². The highest BCUT2D eigenvalue weighted by Crippen LogP contribution is 2.18. The molecule has 2 rings (SSSR count). The Morgan fingerprint density at radius 2 is 2.21 bits per heavy atom. The lowest BCUT2D eigenvalue weighted by molar-refractivity contribution is 0.273. The maximum atomic E-state index is 5.86. The highest BCUT2D eigenvalue weighted by atomic mass is 35.5. The molecule has 0 saturated carbocycles. The molecule has 19 heavy (non-hydrogen) atoms.